The third-order valence-electron chi connectivity index (χ3n) is 4.20. The van der Waals surface area contributed by atoms with E-state index in [0.717, 1.165) is 5.69 Å². The van der Waals surface area contributed by atoms with Crippen LogP contribution in [0.15, 0.2) is 41.1 Å². The highest BCUT2D eigenvalue weighted by Gasteiger charge is 2.45. The van der Waals surface area contributed by atoms with E-state index in [9.17, 15) is 4.39 Å². The van der Waals surface area contributed by atoms with Crippen LogP contribution in [-0.4, -0.2) is 33.2 Å². The zero-order valence-corrected chi connectivity index (χ0v) is 13.5. The molecule has 3 heterocycles. The number of hydrogen-bond acceptors (Lipinski definition) is 6. The Kier molecular flexibility index (Phi) is 3.67. The summed E-state index contributed by atoms with van der Waals surface area (Å²) >= 11 is 0. The van der Waals surface area contributed by atoms with Crippen LogP contribution in [-0.2, 0) is 5.67 Å². The molecule has 0 saturated carbocycles. The Labute approximate surface area is 142 Å². The average Bonchev–Trinajstić information content (AvgIpc) is 3.24. The van der Waals surface area contributed by atoms with Crippen molar-refractivity contribution in [2.75, 3.05) is 18.0 Å². The molecular weight excluding hydrogens is 328 g/mol. The summed E-state index contributed by atoms with van der Waals surface area (Å²) in [5, 5.41) is 3.82. The van der Waals surface area contributed by atoms with Crippen LogP contribution < -0.4 is 4.90 Å². The van der Waals surface area contributed by atoms with Gasteiger partial charge in [-0.3, -0.25) is 0 Å². The molecule has 0 amide bonds. The van der Waals surface area contributed by atoms with Crippen LogP contribution >= 0.6 is 0 Å². The Hall–Kier alpha value is -2.90. The molecule has 128 valence electrons. The molecule has 0 radical (unpaired) electrons. The second kappa shape index (κ2) is 5.87. The van der Waals surface area contributed by atoms with Crippen molar-refractivity contribution in [2.24, 2.45) is 0 Å². The Balaban J connectivity index is 1.57. The lowest BCUT2D eigenvalue weighted by atomic mass is 10.1. The summed E-state index contributed by atoms with van der Waals surface area (Å²) in [5.74, 6) is 0.274. The summed E-state index contributed by atoms with van der Waals surface area (Å²) in [4.78, 5) is 14.4. The van der Waals surface area contributed by atoms with Gasteiger partial charge in [-0.1, -0.05) is 5.16 Å². The van der Waals surface area contributed by atoms with Gasteiger partial charge in [0.25, 0.3) is 5.89 Å². The SMILES string of the molecule is Cc1ccnc(N2CCC(F)(c3nc(-c4ccc(F)cc4)no3)C2)n1. The molecule has 0 N–H and O–H groups in total. The number of benzene rings is 1. The molecule has 4 rings (SSSR count). The van der Waals surface area contributed by atoms with Gasteiger partial charge >= 0.3 is 0 Å². The van der Waals surface area contributed by atoms with Crippen molar-refractivity contribution in [2.45, 2.75) is 19.0 Å². The maximum atomic E-state index is 15.3. The number of rotatable bonds is 3. The fourth-order valence-electron chi connectivity index (χ4n) is 2.83. The standard InChI is InChI=1S/C17H15F2N5O/c1-11-6-8-20-16(21-11)24-9-7-17(19,10-24)15-22-14(23-25-15)12-2-4-13(18)5-3-12/h2-6,8H,7,9-10H2,1H3. The number of hydrogen-bond donors (Lipinski definition) is 0. The summed E-state index contributed by atoms with van der Waals surface area (Å²) in [6.45, 7) is 2.35. The minimum absolute atomic E-state index is 0.0432. The predicted octanol–water partition coefficient (Wildman–Crippen LogP) is 3.05. The van der Waals surface area contributed by atoms with Gasteiger partial charge in [0.2, 0.25) is 17.4 Å². The van der Waals surface area contributed by atoms with Crippen molar-refractivity contribution in [3.63, 3.8) is 0 Å². The maximum Gasteiger partial charge on any atom is 0.266 e. The van der Waals surface area contributed by atoms with Crippen LogP contribution in [0.3, 0.4) is 0 Å². The van der Waals surface area contributed by atoms with Crippen LogP contribution in [0, 0.1) is 12.7 Å². The summed E-state index contributed by atoms with van der Waals surface area (Å²) in [6.07, 6.45) is 1.85. The normalized spacial score (nSPS) is 20.2. The molecule has 0 spiro atoms. The van der Waals surface area contributed by atoms with Crippen molar-refractivity contribution < 1.29 is 13.3 Å². The molecule has 6 nitrogen and oxygen atoms in total. The first kappa shape index (κ1) is 15.6. The van der Waals surface area contributed by atoms with Gasteiger partial charge in [0, 0.05) is 30.4 Å². The van der Waals surface area contributed by atoms with Gasteiger partial charge in [-0.2, -0.15) is 4.98 Å². The van der Waals surface area contributed by atoms with Crippen molar-refractivity contribution in [1.29, 1.82) is 0 Å². The molecule has 1 fully saturated rings. The van der Waals surface area contributed by atoms with E-state index >= 15 is 4.39 Å². The molecular formula is C17H15F2N5O. The zero-order chi connectivity index (χ0) is 17.4. The molecule has 1 aliphatic rings. The highest BCUT2D eigenvalue weighted by Crippen LogP contribution is 2.37. The first-order chi connectivity index (χ1) is 12.0. The molecule has 1 saturated heterocycles. The van der Waals surface area contributed by atoms with E-state index in [0.29, 0.717) is 18.1 Å². The number of aromatic nitrogens is 4. The largest absolute Gasteiger partial charge is 0.337 e. The third kappa shape index (κ3) is 2.95. The molecule has 1 atom stereocenters. The summed E-state index contributed by atoms with van der Waals surface area (Å²) in [6, 6.07) is 7.42. The fraction of sp³-hybridized carbons (Fsp3) is 0.294. The zero-order valence-electron chi connectivity index (χ0n) is 13.5. The topological polar surface area (TPSA) is 67.9 Å². The molecule has 2 aromatic heterocycles. The van der Waals surface area contributed by atoms with E-state index in [1.165, 1.54) is 24.3 Å². The van der Waals surface area contributed by atoms with Crippen molar-refractivity contribution in [3.05, 3.63) is 53.9 Å². The lowest BCUT2D eigenvalue weighted by Crippen LogP contribution is -2.28. The smallest absolute Gasteiger partial charge is 0.266 e. The highest BCUT2D eigenvalue weighted by atomic mass is 19.1. The molecule has 0 aliphatic carbocycles. The number of nitrogens with zero attached hydrogens (tertiary/aromatic N) is 5. The maximum absolute atomic E-state index is 15.3. The van der Waals surface area contributed by atoms with Crippen molar-refractivity contribution in [3.8, 4) is 11.4 Å². The second-order valence-corrected chi connectivity index (χ2v) is 6.06. The number of alkyl halides is 1. The Bertz CT molecular complexity index is 898. The Morgan fingerprint density at radius 3 is 2.72 bits per heavy atom. The lowest BCUT2D eigenvalue weighted by Gasteiger charge is -2.17. The molecule has 1 aliphatic heterocycles. The van der Waals surface area contributed by atoms with Crippen molar-refractivity contribution >= 4 is 5.95 Å². The molecule has 8 heteroatoms. The van der Waals surface area contributed by atoms with Crippen molar-refractivity contribution in [1.82, 2.24) is 20.1 Å². The van der Waals surface area contributed by atoms with E-state index in [1.54, 1.807) is 17.2 Å². The Morgan fingerprint density at radius 2 is 1.96 bits per heavy atom. The summed E-state index contributed by atoms with van der Waals surface area (Å²) < 4.78 is 33.5. The van der Waals surface area contributed by atoms with Gasteiger partial charge in [0.1, 0.15) is 5.82 Å². The van der Waals surface area contributed by atoms with E-state index in [4.69, 9.17) is 4.52 Å². The van der Waals surface area contributed by atoms with E-state index in [2.05, 4.69) is 20.1 Å². The van der Waals surface area contributed by atoms with Gasteiger partial charge in [0.05, 0.1) is 6.54 Å². The fourth-order valence-corrected chi connectivity index (χ4v) is 2.83. The van der Waals surface area contributed by atoms with Crippen LogP contribution in [0.1, 0.15) is 18.0 Å². The van der Waals surface area contributed by atoms with Crippen LogP contribution in [0.2, 0.25) is 0 Å². The van der Waals surface area contributed by atoms with E-state index in [-0.39, 0.29) is 30.5 Å². The predicted molar refractivity (Wildman–Crippen MR) is 86.1 cm³/mol. The molecule has 25 heavy (non-hydrogen) atoms. The highest BCUT2D eigenvalue weighted by molar-refractivity contribution is 5.54. The third-order valence-corrected chi connectivity index (χ3v) is 4.20. The van der Waals surface area contributed by atoms with Gasteiger partial charge in [-0.15, -0.1) is 0 Å². The van der Waals surface area contributed by atoms with Crippen LogP contribution in [0.4, 0.5) is 14.7 Å². The molecule has 3 aromatic rings. The van der Waals surface area contributed by atoms with E-state index in [1.807, 2.05) is 6.92 Å². The van der Waals surface area contributed by atoms with Gasteiger partial charge in [-0.25, -0.2) is 18.7 Å². The second-order valence-electron chi connectivity index (χ2n) is 6.06. The monoisotopic (exact) mass is 343 g/mol. The van der Waals surface area contributed by atoms with Gasteiger partial charge < -0.3 is 9.42 Å². The first-order valence-electron chi connectivity index (χ1n) is 7.87. The first-order valence-corrected chi connectivity index (χ1v) is 7.87. The van der Waals surface area contributed by atoms with Gasteiger partial charge in [0.15, 0.2) is 0 Å². The van der Waals surface area contributed by atoms with Crippen LogP contribution in [0.25, 0.3) is 11.4 Å². The minimum atomic E-state index is -1.77. The summed E-state index contributed by atoms with van der Waals surface area (Å²) in [5.41, 5.74) is -0.382. The number of anilines is 1. The minimum Gasteiger partial charge on any atom is -0.337 e. The Morgan fingerprint density at radius 1 is 1.16 bits per heavy atom. The number of halogens is 2. The molecule has 1 aromatic carbocycles. The lowest BCUT2D eigenvalue weighted by molar-refractivity contribution is 0.136. The van der Waals surface area contributed by atoms with Gasteiger partial charge in [-0.05, 0) is 37.3 Å². The summed E-state index contributed by atoms with van der Waals surface area (Å²) in [7, 11) is 0. The van der Waals surface area contributed by atoms with E-state index < -0.39 is 5.67 Å². The molecule has 1 unspecified atom stereocenters. The number of aryl methyl sites for hydroxylation is 1. The van der Waals surface area contributed by atoms with Crippen LogP contribution in [0.5, 0.6) is 0 Å². The average molecular weight is 343 g/mol. The molecule has 0 bridgehead atoms. The quantitative estimate of drug-likeness (QED) is 0.728.